The summed E-state index contributed by atoms with van der Waals surface area (Å²) in [5.74, 6) is 3.27. The van der Waals surface area contributed by atoms with Crippen LogP contribution in [0.2, 0.25) is 0 Å². The van der Waals surface area contributed by atoms with Crippen LogP contribution in [-0.2, 0) is 4.79 Å². The highest BCUT2D eigenvalue weighted by atomic mass is 35.5. The first-order chi connectivity index (χ1) is 9.63. The average Bonchev–Trinajstić information content (AvgIpc) is 2.89. The molecular formula is C17H29ClN2O. The molecule has 3 nitrogen and oxygen atoms in total. The number of hydrogen-bond acceptors (Lipinski definition) is 2. The van der Waals surface area contributed by atoms with Crippen molar-refractivity contribution < 1.29 is 4.79 Å². The van der Waals surface area contributed by atoms with Crippen LogP contribution in [0, 0.1) is 23.2 Å². The van der Waals surface area contributed by atoms with Gasteiger partial charge in [0.2, 0.25) is 5.91 Å². The Bertz CT molecular complexity index is 370. The van der Waals surface area contributed by atoms with Gasteiger partial charge >= 0.3 is 0 Å². The lowest BCUT2D eigenvalue weighted by Crippen LogP contribution is -2.49. The molecule has 4 bridgehead atoms. The second-order valence-corrected chi connectivity index (χ2v) is 8.25. The first kappa shape index (κ1) is 15.6. The molecule has 4 saturated carbocycles. The van der Waals surface area contributed by atoms with Gasteiger partial charge in [-0.3, -0.25) is 4.79 Å². The van der Waals surface area contributed by atoms with E-state index in [1.807, 2.05) is 7.05 Å². The van der Waals surface area contributed by atoms with Gasteiger partial charge in [-0.05, 0) is 74.7 Å². The highest BCUT2D eigenvalue weighted by Crippen LogP contribution is 2.61. The number of carbonyl (C=O) groups excluding carboxylic acids is 1. The molecule has 1 aliphatic heterocycles. The summed E-state index contributed by atoms with van der Waals surface area (Å²) in [5.41, 5.74) is 0.395. The van der Waals surface area contributed by atoms with E-state index < -0.39 is 0 Å². The lowest BCUT2D eigenvalue weighted by molar-refractivity contribution is -0.140. The normalized spacial score (nSPS) is 43.7. The molecule has 0 aromatic carbocycles. The van der Waals surface area contributed by atoms with Crippen molar-refractivity contribution in [2.75, 3.05) is 20.1 Å². The molecule has 1 amide bonds. The van der Waals surface area contributed by atoms with Crippen molar-refractivity contribution in [3.05, 3.63) is 0 Å². The molecule has 5 rings (SSSR count). The van der Waals surface area contributed by atoms with E-state index in [1.54, 1.807) is 0 Å². The quantitative estimate of drug-likeness (QED) is 0.869. The first-order valence-corrected chi connectivity index (χ1v) is 8.60. The molecule has 1 N–H and O–H groups in total. The maximum Gasteiger partial charge on any atom is 0.223 e. The smallest absolute Gasteiger partial charge is 0.223 e. The summed E-state index contributed by atoms with van der Waals surface area (Å²) in [5, 5.41) is 3.37. The van der Waals surface area contributed by atoms with Gasteiger partial charge in [-0.1, -0.05) is 0 Å². The fourth-order valence-corrected chi connectivity index (χ4v) is 6.13. The van der Waals surface area contributed by atoms with Crippen molar-refractivity contribution in [3.8, 4) is 0 Å². The minimum Gasteiger partial charge on any atom is -0.341 e. The summed E-state index contributed by atoms with van der Waals surface area (Å²) < 4.78 is 0. The minimum absolute atomic E-state index is 0. The summed E-state index contributed by atoms with van der Waals surface area (Å²) in [6, 6.07) is 0.441. The van der Waals surface area contributed by atoms with Crippen LogP contribution >= 0.6 is 12.4 Å². The summed E-state index contributed by atoms with van der Waals surface area (Å²) in [6.07, 6.45) is 10.4. The summed E-state index contributed by atoms with van der Waals surface area (Å²) in [7, 11) is 2.03. The number of nitrogens with zero attached hydrogens (tertiary/aromatic N) is 1. The Hall–Kier alpha value is -0.280. The molecule has 0 radical (unpaired) electrons. The van der Waals surface area contributed by atoms with E-state index in [2.05, 4.69) is 10.2 Å². The maximum absolute atomic E-state index is 12.7. The molecule has 0 spiro atoms. The zero-order chi connectivity index (χ0) is 13.7. The Kier molecular flexibility index (Phi) is 4.26. The number of nitrogens with one attached hydrogen (secondary N) is 1. The SMILES string of the molecule is CN(C(=O)CC12CC3CC(CC(C3)C1)C2)C1CCNC1.Cl. The van der Waals surface area contributed by atoms with Gasteiger partial charge in [-0.15, -0.1) is 12.4 Å². The Balaban J connectivity index is 0.00000132. The number of amides is 1. The number of rotatable bonds is 3. The van der Waals surface area contributed by atoms with Gasteiger partial charge in [0.15, 0.2) is 0 Å². The molecule has 5 aliphatic rings. The number of halogens is 1. The summed E-state index contributed by atoms with van der Waals surface area (Å²) in [6.45, 7) is 2.06. The summed E-state index contributed by atoms with van der Waals surface area (Å²) >= 11 is 0. The monoisotopic (exact) mass is 312 g/mol. The van der Waals surface area contributed by atoms with Gasteiger partial charge in [0, 0.05) is 26.1 Å². The molecule has 1 atom stereocenters. The van der Waals surface area contributed by atoms with E-state index in [0.717, 1.165) is 43.7 Å². The van der Waals surface area contributed by atoms with E-state index >= 15 is 0 Å². The molecule has 21 heavy (non-hydrogen) atoms. The van der Waals surface area contributed by atoms with E-state index in [1.165, 1.54) is 38.5 Å². The van der Waals surface area contributed by atoms with E-state index in [-0.39, 0.29) is 12.4 Å². The van der Waals surface area contributed by atoms with Crippen LogP contribution < -0.4 is 5.32 Å². The number of likely N-dealkylation sites (N-methyl/N-ethyl adjacent to an activating group) is 1. The molecule has 0 aromatic rings. The Labute approximate surface area is 134 Å². The van der Waals surface area contributed by atoms with E-state index in [0.29, 0.717) is 17.4 Å². The highest BCUT2D eigenvalue weighted by molar-refractivity contribution is 5.85. The lowest BCUT2D eigenvalue weighted by atomic mass is 9.49. The van der Waals surface area contributed by atoms with Gasteiger partial charge < -0.3 is 10.2 Å². The fraction of sp³-hybridized carbons (Fsp3) is 0.941. The Morgan fingerprint density at radius 1 is 1.14 bits per heavy atom. The molecule has 1 unspecified atom stereocenters. The minimum atomic E-state index is 0. The standard InChI is InChI=1S/C17H28N2O.ClH/c1-19(15-2-3-18-11-15)16(20)10-17-7-12-4-13(8-17)6-14(5-12)9-17;/h12-15,18H,2-11H2,1H3;1H. The van der Waals surface area contributed by atoms with Crippen LogP contribution in [0.1, 0.15) is 51.4 Å². The highest BCUT2D eigenvalue weighted by Gasteiger charge is 2.51. The molecule has 1 heterocycles. The van der Waals surface area contributed by atoms with Gasteiger partial charge in [-0.25, -0.2) is 0 Å². The van der Waals surface area contributed by atoms with Gasteiger partial charge in [0.05, 0.1) is 0 Å². The number of carbonyl (C=O) groups is 1. The van der Waals surface area contributed by atoms with Crippen molar-refractivity contribution in [1.82, 2.24) is 10.2 Å². The van der Waals surface area contributed by atoms with Gasteiger partial charge in [0.25, 0.3) is 0 Å². The van der Waals surface area contributed by atoms with Gasteiger partial charge in [0.1, 0.15) is 0 Å². The van der Waals surface area contributed by atoms with Crippen molar-refractivity contribution >= 4 is 18.3 Å². The predicted octanol–water partition coefficient (Wildman–Crippen LogP) is 2.84. The first-order valence-electron chi connectivity index (χ1n) is 8.60. The van der Waals surface area contributed by atoms with Crippen LogP contribution in [0.5, 0.6) is 0 Å². The predicted molar refractivity (Wildman–Crippen MR) is 86.5 cm³/mol. The fourth-order valence-electron chi connectivity index (χ4n) is 6.13. The zero-order valence-electron chi connectivity index (χ0n) is 13.1. The largest absolute Gasteiger partial charge is 0.341 e. The van der Waals surface area contributed by atoms with Crippen molar-refractivity contribution in [1.29, 1.82) is 0 Å². The van der Waals surface area contributed by atoms with E-state index in [9.17, 15) is 4.79 Å². The molecule has 5 fully saturated rings. The van der Waals surface area contributed by atoms with Gasteiger partial charge in [-0.2, -0.15) is 0 Å². The third-order valence-corrected chi connectivity index (χ3v) is 6.67. The topological polar surface area (TPSA) is 32.3 Å². The third-order valence-electron chi connectivity index (χ3n) is 6.67. The number of hydrogen-bond donors (Lipinski definition) is 1. The summed E-state index contributed by atoms with van der Waals surface area (Å²) in [4.78, 5) is 14.8. The van der Waals surface area contributed by atoms with Crippen LogP contribution in [0.15, 0.2) is 0 Å². The van der Waals surface area contributed by atoms with Crippen LogP contribution in [0.3, 0.4) is 0 Å². The molecule has 120 valence electrons. The molecule has 0 aromatic heterocycles. The second kappa shape index (κ2) is 5.73. The van der Waals surface area contributed by atoms with Crippen LogP contribution in [0.25, 0.3) is 0 Å². The van der Waals surface area contributed by atoms with Crippen LogP contribution in [-0.4, -0.2) is 37.0 Å². The molecule has 4 heteroatoms. The van der Waals surface area contributed by atoms with Crippen molar-refractivity contribution in [2.24, 2.45) is 23.2 Å². The molecule has 1 saturated heterocycles. The Morgan fingerprint density at radius 3 is 2.19 bits per heavy atom. The molecular weight excluding hydrogens is 284 g/mol. The second-order valence-electron chi connectivity index (χ2n) is 8.25. The molecule has 4 aliphatic carbocycles. The van der Waals surface area contributed by atoms with E-state index in [4.69, 9.17) is 0 Å². The van der Waals surface area contributed by atoms with Crippen molar-refractivity contribution in [2.45, 2.75) is 57.4 Å². The lowest BCUT2D eigenvalue weighted by Gasteiger charge is -2.57. The Morgan fingerprint density at radius 2 is 1.71 bits per heavy atom. The third kappa shape index (κ3) is 2.84. The average molecular weight is 313 g/mol. The zero-order valence-corrected chi connectivity index (χ0v) is 14.0. The maximum atomic E-state index is 12.7. The van der Waals surface area contributed by atoms with Crippen LogP contribution in [0.4, 0.5) is 0 Å². The van der Waals surface area contributed by atoms with Crippen molar-refractivity contribution in [3.63, 3.8) is 0 Å².